The Hall–Kier alpha value is -1.40. The molecule has 0 amide bonds. The molecule has 0 aromatic heterocycles. The van der Waals surface area contributed by atoms with Gasteiger partial charge in [0, 0.05) is 12.2 Å². The van der Waals surface area contributed by atoms with Crippen LogP contribution in [0.5, 0.6) is 0 Å². The molecule has 31 heavy (non-hydrogen) atoms. The Morgan fingerprint density at radius 2 is 1.00 bits per heavy atom. The van der Waals surface area contributed by atoms with Crippen molar-refractivity contribution in [3.63, 3.8) is 0 Å². The topological polar surface area (TPSA) is 109 Å². The van der Waals surface area contributed by atoms with Crippen LogP contribution >= 0.6 is 0 Å². The molecule has 0 saturated heterocycles. The monoisotopic (exact) mass is 475 g/mol. The minimum atomic E-state index is -0.981. The summed E-state index contributed by atoms with van der Waals surface area (Å²) in [5.41, 5.74) is 0. The molecule has 6 nitrogen and oxygen atoms in total. The van der Waals surface area contributed by atoms with Gasteiger partial charge in [-0.15, -0.1) is 0 Å². The molecule has 0 spiro atoms. The second-order valence-electron chi connectivity index (χ2n) is 7.40. The summed E-state index contributed by atoms with van der Waals surface area (Å²) in [5.74, 6) is -1.08. The first-order chi connectivity index (χ1) is 14.8. The van der Waals surface area contributed by atoms with Gasteiger partial charge in [0.05, 0.1) is 0 Å². The number of carbonyl (C=O) groups excluding carboxylic acids is 1. The van der Waals surface area contributed by atoms with Crippen molar-refractivity contribution in [2.75, 3.05) is 0 Å². The van der Waals surface area contributed by atoms with Crippen molar-refractivity contribution in [2.45, 2.75) is 104 Å². The molecule has 0 bridgehead atoms. The molecule has 0 unspecified atom stereocenters. The number of carboxylic acids is 2. The van der Waals surface area contributed by atoms with Gasteiger partial charge in [0.15, 0.2) is 0 Å². The predicted octanol–water partition coefficient (Wildman–Crippen LogP) is 6.61. The molecule has 0 aromatic carbocycles. The van der Waals surface area contributed by atoms with Crippen LogP contribution in [0, 0.1) is 5.92 Å². The first kappa shape index (κ1) is 36.9. The molecular weight excluding hydrogens is 432 g/mol. The van der Waals surface area contributed by atoms with Gasteiger partial charge in [0.1, 0.15) is 0 Å². The van der Waals surface area contributed by atoms with Crippen LogP contribution in [0.3, 0.4) is 0 Å². The van der Waals surface area contributed by atoms with Gasteiger partial charge in [-0.1, -0.05) is 110 Å². The second kappa shape index (κ2) is 36.0. The van der Waals surface area contributed by atoms with Gasteiger partial charge < -0.3 is 15.0 Å². The molecule has 0 atom stereocenters. The van der Waals surface area contributed by atoms with Gasteiger partial charge in [-0.3, -0.25) is 6.29 Å². The molecule has 0 fully saturated rings. The van der Waals surface area contributed by atoms with E-state index in [-0.39, 0.29) is 0 Å². The van der Waals surface area contributed by atoms with E-state index in [9.17, 15) is 14.4 Å². The quantitative estimate of drug-likeness (QED) is 0.106. The predicted molar refractivity (Wildman–Crippen MR) is 122 cm³/mol. The van der Waals surface area contributed by atoms with Crippen molar-refractivity contribution in [3.05, 3.63) is 25.3 Å². The zero-order valence-corrected chi connectivity index (χ0v) is 21.1. The Morgan fingerprint density at radius 3 is 1.23 bits per heavy atom. The summed E-state index contributed by atoms with van der Waals surface area (Å²) in [5, 5.41) is 15.2. The van der Waals surface area contributed by atoms with Crippen molar-refractivity contribution in [1.82, 2.24) is 0 Å². The Balaban J connectivity index is -0.000000249. The fourth-order valence-electron chi connectivity index (χ4n) is 2.52. The Labute approximate surface area is 201 Å². The number of carboxylic acid groups (broad SMARTS) is 2. The van der Waals surface area contributed by atoms with Gasteiger partial charge in [-0.25, -0.2) is 9.59 Å². The summed E-state index contributed by atoms with van der Waals surface area (Å²) in [4.78, 5) is 28.5. The maximum absolute atomic E-state index is 10.0. The number of aliphatic carboxylic acids is 2. The third kappa shape index (κ3) is 58.5. The third-order valence-corrected chi connectivity index (χ3v) is 4.16. The zero-order valence-electron chi connectivity index (χ0n) is 19.6. The molecule has 179 valence electrons. The summed E-state index contributed by atoms with van der Waals surface area (Å²) < 4.78 is 8.25. The van der Waals surface area contributed by atoms with Gasteiger partial charge in [-0.05, 0) is 5.92 Å². The normalized spacial score (nSPS) is 9.06. The minimum absolute atomic E-state index is 0.636. The van der Waals surface area contributed by atoms with Crippen LogP contribution in [0.2, 0.25) is 0 Å². The van der Waals surface area contributed by atoms with Gasteiger partial charge in [0.2, 0.25) is 0 Å². The number of carbonyl (C=O) groups is 2. The standard InChI is InChI=1S/C18H35O.2C3H4O2.O.Ti/c1-18(2)16-14-12-10-8-6-4-3-5-7-9-11-13-15-17-19;2*1-2-3(4)5;;/h18H,3-16H2,1-2H3;2*2H,1H2,(H,4,5);;/q-1;;;;+1. The molecular formula is C24H43O6Ti. The van der Waals surface area contributed by atoms with E-state index in [1.165, 1.54) is 77.0 Å². The molecule has 2 N–H and O–H groups in total. The van der Waals surface area contributed by atoms with E-state index >= 15 is 0 Å². The van der Waals surface area contributed by atoms with Gasteiger partial charge in [0.25, 0.3) is 0 Å². The van der Waals surface area contributed by atoms with Crippen molar-refractivity contribution >= 4 is 18.2 Å². The molecule has 7 heteroatoms. The molecule has 0 aliphatic rings. The van der Waals surface area contributed by atoms with Crippen molar-refractivity contribution in [1.29, 1.82) is 0 Å². The fourth-order valence-corrected chi connectivity index (χ4v) is 2.52. The van der Waals surface area contributed by atoms with Crippen LogP contribution in [0.1, 0.15) is 104 Å². The Kier molecular flexibility index (Phi) is 42.9. The summed E-state index contributed by atoms with van der Waals surface area (Å²) in [6.07, 6.45) is 22.0. The van der Waals surface area contributed by atoms with E-state index in [0.29, 0.717) is 6.42 Å². The van der Waals surface area contributed by atoms with Crippen LogP contribution < -0.4 is 0 Å². The number of hydrogen-bond acceptors (Lipinski definition) is 4. The maximum atomic E-state index is 10.0. The third-order valence-electron chi connectivity index (χ3n) is 4.16. The molecule has 0 aliphatic heterocycles. The summed E-state index contributed by atoms with van der Waals surface area (Å²) in [7, 11) is 0. The van der Waals surface area contributed by atoms with Crippen LogP contribution in [-0.2, 0) is 38.1 Å². The molecule has 0 rings (SSSR count). The molecule has 0 aromatic rings. The Bertz CT molecular complexity index is 406. The van der Waals surface area contributed by atoms with Crippen LogP contribution in [0.15, 0.2) is 25.3 Å². The molecule has 0 saturated carbocycles. The summed E-state index contributed by atoms with van der Waals surface area (Å²) >= 11 is 0.750. The Morgan fingerprint density at radius 1 is 0.742 bits per heavy atom. The average Bonchev–Trinajstić information content (AvgIpc) is 2.76. The van der Waals surface area contributed by atoms with Crippen molar-refractivity contribution < 1.29 is 48.3 Å². The summed E-state index contributed by atoms with van der Waals surface area (Å²) in [6, 6.07) is 0. The molecule has 0 aliphatic carbocycles. The van der Waals surface area contributed by atoms with E-state index in [1.54, 1.807) is 0 Å². The van der Waals surface area contributed by atoms with Crippen molar-refractivity contribution in [2.24, 2.45) is 5.92 Å². The number of unbranched alkanes of at least 4 members (excludes halogenated alkanes) is 12. The van der Waals surface area contributed by atoms with Gasteiger partial charge >= 0.3 is 35.7 Å². The van der Waals surface area contributed by atoms with Crippen LogP contribution in [-0.4, -0.2) is 28.4 Å². The number of rotatable bonds is 17. The second-order valence-corrected chi connectivity index (χ2v) is 7.40. The average molecular weight is 475 g/mol. The fraction of sp³-hybridized carbons (Fsp3) is 0.708. The first-order valence-corrected chi connectivity index (χ1v) is 11.7. The van der Waals surface area contributed by atoms with E-state index in [1.807, 2.05) is 6.29 Å². The van der Waals surface area contributed by atoms with Crippen molar-refractivity contribution in [3.8, 4) is 0 Å². The van der Waals surface area contributed by atoms with Gasteiger partial charge in [-0.2, -0.15) is 6.42 Å². The molecule has 0 radical (unpaired) electrons. The van der Waals surface area contributed by atoms with E-state index < -0.39 is 11.9 Å². The van der Waals surface area contributed by atoms with E-state index in [2.05, 4.69) is 27.0 Å². The van der Waals surface area contributed by atoms with E-state index in [0.717, 1.165) is 44.9 Å². The van der Waals surface area contributed by atoms with Crippen LogP contribution in [0.25, 0.3) is 0 Å². The SMILES string of the molecule is C=CC(=O)O.C=CC(=O)O.CC(C)CCCCCCCCCCCCCC[C-]=O.[O]=[Ti+]. The zero-order chi connectivity index (χ0) is 24.8. The number of hydrogen-bond donors (Lipinski definition) is 2. The van der Waals surface area contributed by atoms with E-state index in [4.69, 9.17) is 13.5 Å². The van der Waals surface area contributed by atoms with Crippen LogP contribution in [0.4, 0.5) is 0 Å². The first-order valence-electron chi connectivity index (χ1n) is 11.1. The molecule has 0 heterocycles. The summed E-state index contributed by atoms with van der Waals surface area (Å²) in [6.45, 7) is 10.6.